The molecule has 1 aromatic rings. The van der Waals surface area contributed by atoms with Crippen molar-refractivity contribution in [1.82, 2.24) is 4.90 Å². The SMILES string of the molecule is O=C(CN1CCCC(C(F)(F)F)C1)Nc1cccc(I)c1. The number of anilines is 1. The lowest BCUT2D eigenvalue weighted by atomic mass is 9.97. The van der Waals surface area contributed by atoms with Crippen molar-refractivity contribution in [2.24, 2.45) is 5.92 Å². The maximum atomic E-state index is 12.7. The molecular formula is C14H16F3IN2O. The van der Waals surface area contributed by atoms with Crippen LogP contribution in [0.2, 0.25) is 0 Å². The molecule has 21 heavy (non-hydrogen) atoms. The van der Waals surface area contributed by atoms with Crippen LogP contribution in [-0.4, -0.2) is 36.6 Å². The number of piperidine rings is 1. The highest BCUT2D eigenvalue weighted by Crippen LogP contribution is 2.32. The van der Waals surface area contributed by atoms with Crippen molar-refractivity contribution in [3.05, 3.63) is 27.8 Å². The molecule has 0 saturated carbocycles. The fourth-order valence-corrected chi connectivity index (χ4v) is 2.98. The standard InChI is InChI=1S/C14H16F3IN2O/c15-14(16,17)10-3-2-6-20(8-10)9-13(21)19-12-5-1-4-11(18)7-12/h1,4-5,7,10H,2-3,6,8-9H2,(H,19,21). The highest BCUT2D eigenvalue weighted by Gasteiger charge is 2.41. The minimum absolute atomic E-state index is 0.00193. The van der Waals surface area contributed by atoms with Crippen molar-refractivity contribution in [2.75, 3.05) is 25.0 Å². The molecule has 1 unspecified atom stereocenters. The number of nitrogens with one attached hydrogen (secondary N) is 1. The third kappa shape index (κ3) is 5.14. The Hall–Kier alpha value is -0.830. The molecular weight excluding hydrogens is 396 g/mol. The summed E-state index contributed by atoms with van der Waals surface area (Å²) in [5.41, 5.74) is 0.663. The molecule has 1 aliphatic heterocycles. The first-order valence-electron chi connectivity index (χ1n) is 6.69. The Morgan fingerprint density at radius 1 is 1.43 bits per heavy atom. The third-order valence-corrected chi connectivity index (χ3v) is 4.12. The van der Waals surface area contributed by atoms with Gasteiger partial charge in [0, 0.05) is 15.8 Å². The molecule has 1 aliphatic rings. The van der Waals surface area contributed by atoms with E-state index in [1.165, 1.54) is 0 Å². The second-order valence-corrected chi connectivity index (χ2v) is 6.42. The third-order valence-electron chi connectivity index (χ3n) is 3.44. The Bertz CT molecular complexity index is 507. The van der Waals surface area contributed by atoms with Crippen LogP contribution in [0.3, 0.4) is 0 Å². The van der Waals surface area contributed by atoms with Gasteiger partial charge in [0.25, 0.3) is 0 Å². The van der Waals surface area contributed by atoms with Gasteiger partial charge in [-0.3, -0.25) is 9.69 Å². The van der Waals surface area contributed by atoms with Crippen molar-refractivity contribution in [2.45, 2.75) is 19.0 Å². The number of carbonyl (C=O) groups is 1. The first kappa shape index (κ1) is 16.5. The van der Waals surface area contributed by atoms with Crippen LogP contribution in [0.25, 0.3) is 0 Å². The number of amides is 1. The van der Waals surface area contributed by atoms with E-state index in [0.29, 0.717) is 18.7 Å². The molecule has 1 fully saturated rings. The molecule has 1 N–H and O–H groups in total. The largest absolute Gasteiger partial charge is 0.393 e. The molecule has 0 bridgehead atoms. The highest BCUT2D eigenvalue weighted by atomic mass is 127. The van der Waals surface area contributed by atoms with E-state index in [9.17, 15) is 18.0 Å². The van der Waals surface area contributed by atoms with E-state index in [1.807, 2.05) is 18.2 Å². The second kappa shape index (κ2) is 6.95. The number of halogens is 4. The maximum Gasteiger partial charge on any atom is 0.393 e. The molecule has 1 saturated heterocycles. The van der Waals surface area contributed by atoms with Crippen LogP contribution in [0.1, 0.15) is 12.8 Å². The van der Waals surface area contributed by atoms with Gasteiger partial charge in [0.2, 0.25) is 5.91 Å². The predicted molar refractivity (Wildman–Crippen MR) is 83.0 cm³/mol. The number of rotatable bonds is 3. The molecule has 0 spiro atoms. The summed E-state index contributed by atoms with van der Waals surface area (Å²) >= 11 is 2.13. The van der Waals surface area contributed by atoms with Gasteiger partial charge < -0.3 is 5.32 Å². The summed E-state index contributed by atoms with van der Waals surface area (Å²) in [5.74, 6) is -1.60. The number of likely N-dealkylation sites (tertiary alicyclic amines) is 1. The molecule has 0 radical (unpaired) electrons. The van der Waals surface area contributed by atoms with Crippen LogP contribution in [0.4, 0.5) is 18.9 Å². The number of carbonyl (C=O) groups excluding carboxylic acids is 1. The summed E-state index contributed by atoms with van der Waals surface area (Å²) in [7, 11) is 0. The second-order valence-electron chi connectivity index (χ2n) is 5.17. The Morgan fingerprint density at radius 3 is 2.86 bits per heavy atom. The molecule has 0 aromatic heterocycles. The van der Waals surface area contributed by atoms with Crippen LogP contribution in [-0.2, 0) is 4.79 Å². The summed E-state index contributed by atoms with van der Waals surface area (Å²) in [4.78, 5) is 13.5. The van der Waals surface area contributed by atoms with Crippen molar-refractivity contribution in [3.8, 4) is 0 Å². The van der Waals surface area contributed by atoms with E-state index in [-0.39, 0.29) is 25.4 Å². The highest BCUT2D eigenvalue weighted by molar-refractivity contribution is 14.1. The van der Waals surface area contributed by atoms with Gasteiger partial charge in [-0.15, -0.1) is 0 Å². The lowest BCUT2D eigenvalue weighted by molar-refractivity contribution is -0.186. The van der Waals surface area contributed by atoms with Gasteiger partial charge >= 0.3 is 6.18 Å². The smallest absolute Gasteiger partial charge is 0.325 e. The van der Waals surface area contributed by atoms with E-state index in [0.717, 1.165) is 3.57 Å². The zero-order valence-corrected chi connectivity index (χ0v) is 13.4. The molecule has 0 aliphatic carbocycles. The summed E-state index contributed by atoms with van der Waals surface area (Å²) in [6.07, 6.45) is -3.55. The van der Waals surface area contributed by atoms with Crippen molar-refractivity contribution >= 4 is 34.2 Å². The number of nitrogens with zero attached hydrogens (tertiary/aromatic N) is 1. The fourth-order valence-electron chi connectivity index (χ4n) is 2.44. The summed E-state index contributed by atoms with van der Waals surface area (Å²) in [6, 6.07) is 7.29. The number of hydrogen-bond donors (Lipinski definition) is 1. The number of hydrogen-bond acceptors (Lipinski definition) is 2. The maximum absolute atomic E-state index is 12.7. The molecule has 7 heteroatoms. The Balaban J connectivity index is 1.88. The molecule has 3 nitrogen and oxygen atoms in total. The van der Waals surface area contributed by atoms with E-state index >= 15 is 0 Å². The zero-order valence-electron chi connectivity index (χ0n) is 11.3. The van der Waals surface area contributed by atoms with Crippen LogP contribution < -0.4 is 5.32 Å². The zero-order chi connectivity index (χ0) is 15.5. The van der Waals surface area contributed by atoms with E-state index < -0.39 is 12.1 Å². The van der Waals surface area contributed by atoms with Crippen LogP contribution in [0.15, 0.2) is 24.3 Å². The quantitative estimate of drug-likeness (QED) is 0.772. The fraction of sp³-hybridized carbons (Fsp3) is 0.500. The molecule has 1 atom stereocenters. The molecule has 1 amide bonds. The van der Waals surface area contributed by atoms with E-state index in [4.69, 9.17) is 0 Å². The minimum atomic E-state index is -4.18. The number of benzene rings is 1. The Kier molecular flexibility index (Phi) is 5.48. The predicted octanol–water partition coefficient (Wildman–Crippen LogP) is 3.50. The van der Waals surface area contributed by atoms with Crippen molar-refractivity contribution in [1.29, 1.82) is 0 Å². The average molecular weight is 412 g/mol. The number of alkyl halides is 3. The Labute approximate surface area is 135 Å². The van der Waals surface area contributed by atoms with Crippen LogP contribution in [0.5, 0.6) is 0 Å². The van der Waals surface area contributed by atoms with Crippen molar-refractivity contribution in [3.63, 3.8) is 0 Å². The summed E-state index contributed by atoms with van der Waals surface area (Å²) < 4.78 is 39.1. The molecule has 1 aromatic carbocycles. The van der Waals surface area contributed by atoms with Crippen LogP contribution >= 0.6 is 22.6 Å². The van der Waals surface area contributed by atoms with E-state index in [1.54, 1.807) is 11.0 Å². The molecule has 1 heterocycles. The van der Waals surface area contributed by atoms with Crippen molar-refractivity contribution < 1.29 is 18.0 Å². The Morgan fingerprint density at radius 2 is 2.19 bits per heavy atom. The molecule has 116 valence electrons. The monoisotopic (exact) mass is 412 g/mol. The minimum Gasteiger partial charge on any atom is -0.325 e. The normalized spacial score (nSPS) is 20.3. The van der Waals surface area contributed by atoms with Gasteiger partial charge in [-0.2, -0.15) is 13.2 Å². The van der Waals surface area contributed by atoms with Gasteiger partial charge in [0.1, 0.15) is 0 Å². The van der Waals surface area contributed by atoms with Crippen LogP contribution in [0, 0.1) is 9.49 Å². The molecule has 2 rings (SSSR count). The van der Waals surface area contributed by atoms with Gasteiger partial charge in [0.05, 0.1) is 12.5 Å². The van der Waals surface area contributed by atoms with E-state index in [2.05, 4.69) is 27.9 Å². The van der Waals surface area contributed by atoms with Gasteiger partial charge in [0.15, 0.2) is 0 Å². The first-order chi connectivity index (χ1) is 9.84. The van der Waals surface area contributed by atoms with Gasteiger partial charge in [-0.1, -0.05) is 6.07 Å². The average Bonchev–Trinajstić information content (AvgIpc) is 2.37. The lowest BCUT2D eigenvalue weighted by Gasteiger charge is -2.33. The summed E-state index contributed by atoms with van der Waals surface area (Å²) in [6.45, 7) is 0.438. The van der Waals surface area contributed by atoms with Gasteiger partial charge in [-0.05, 0) is 60.2 Å². The van der Waals surface area contributed by atoms with Gasteiger partial charge in [-0.25, -0.2) is 0 Å². The first-order valence-corrected chi connectivity index (χ1v) is 7.77. The summed E-state index contributed by atoms with van der Waals surface area (Å²) in [5, 5.41) is 2.72. The topological polar surface area (TPSA) is 32.3 Å². The lowest BCUT2D eigenvalue weighted by Crippen LogP contribution is -2.44.